The molecule has 0 aromatic heterocycles. The van der Waals surface area contributed by atoms with E-state index in [4.69, 9.17) is 21.1 Å². The van der Waals surface area contributed by atoms with E-state index in [-0.39, 0.29) is 11.7 Å². The van der Waals surface area contributed by atoms with Gasteiger partial charge in [-0.2, -0.15) is 0 Å². The zero-order valence-corrected chi connectivity index (χ0v) is 13.3. The minimum Gasteiger partial charge on any atom is -0.490 e. The molecule has 0 spiro atoms. The maximum Gasteiger partial charge on any atom is 0.168 e. The fourth-order valence-electron chi connectivity index (χ4n) is 2.56. The third-order valence-electron chi connectivity index (χ3n) is 3.57. The molecule has 2 rings (SSSR count). The summed E-state index contributed by atoms with van der Waals surface area (Å²) in [6.45, 7) is 6.53. The van der Waals surface area contributed by atoms with Crippen molar-refractivity contribution in [3.8, 4) is 11.5 Å². The topological polar surface area (TPSA) is 47.6 Å². The zero-order valence-electron chi connectivity index (χ0n) is 12.6. The van der Waals surface area contributed by atoms with Crippen LogP contribution in [0.5, 0.6) is 11.5 Å². The highest BCUT2D eigenvalue weighted by molar-refractivity contribution is 6.34. The molecule has 1 aliphatic rings. The third-order valence-corrected chi connectivity index (χ3v) is 3.88. The summed E-state index contributed by atoms with van der Waals surface area (Å²) < 4.78 is 11.1. The standard InChI is InChI=1S/C16H22ClNO3/c1-3-20-14-8-12(13(17)9-15(14)21-4-2)16(19)11-6-5-7-18-10-11/h8-9,11,18H,3-7,10H2,1-2H3. The molecule has 0 amide bonds. The summed E-state index contributed by atoms with van der Waals surface area (Å²) in [5.74, 6) is 1.23. The van der Waals surface area contributed by atoms with E-state index in [1.54, 1.807) is 12.1 Å². The predicted octanol–water partition coefficient (Wildman–Crippen LogP) is 3.32. The Labute approximate surface area is 130 Å². The lowest BCUT2D eigenvalue weighted by molar-refractivity contribution is 0.0899. The number of halogens is 1. The van der Waals surface area contributed by atoms with Gasteiger partial charge in [0.2, 0.25) is 0 Å². The maximum absolute atomic E-state index is 12.6. The SMILES string of the molecule is CCOc1cc(Cl)c(C(=O)C2CCCNC2)cc1OCC. The summed E-state index contributed by atoms with van der Waals surface area (Å²) in [4.78, 5) is 12.6. The minimum absolute atomic E-state index is 0.0105. The minimum atomic E-state index is -0.0105. The average molecular weight is 312 g/mol. The van der Waals surface area contributed by atoms with Crippen molar-refractivity contribution in [2.24, 2.45) is 5.92 Å². The molecule has 1 aromatic rings. The Balaban J connectivity index is 2.29. The van der Waals surface area contributed by atoms with Crippen molar-refractivity contribution in [2.45, 2.75) is 26.7 Å². The molecule has 1 saturated heterocycles. The fourth-order valence-corrected chi connectivity index (χ4v) is 2.80. The van der Waals surface area contributed by atoms with Gasteiger partial charge in [0.1, 0.15) is 0 Å². The van der Waals surface area contributed by atoms with Crippen molar-refractivity contribution >= 4 is 17.4 Å². The third kappa shape index (κ3) is 3.89. The van der Waals surface area contributed by atoms with Crippen molar-refractivity contribution in [1.82, 2.24) is 5.32 Å². The molecule has 1 atom stereocenters. The zero-order chi connectivity index (χ0) is 15.2. The van der Waals surface area contributed by atoms with Crippen molar-refractivity contribution in [1.29, 1.82) is 0 Å². The number of hydrogen-bond donors (Lipinski definition) is 1. The molecule has 0 bridgehead atoms. The van der Waals surface area contributed by atoms with E-state index in [0.29, 0.717) is 41.8 Å². The second-order valence-electron chi connectivity index (χ2n) is 5.05. The Bertz CT molecular complexity index is 499. The van der Waals surface area contributed by atoms with Gasteiger partial charge in [-0.25, -0.2) is 0 Å². The largest absolute Gasteiger partial charge is 0.490 e. The van der Waals surface area contributed by atoms with Crippen LogP contribution in [0.3, 0.4) is 0 Å². The molecule has 1 aromatic carbocycles. The van der Waals surface area contributed by atoms with Crippen LogP contribution < -0.4 is 14.8 Å². The monoisotopic (exact) mass is 311 g/mol. The van der Waals surface area contributed by atoms with Gasteiger partial charge < -0.3 is 14.8 Å². The molecule has 0 aliphatic carbocycles. The van der Waals surface area contributed by atoms with Crippen molar-refractivity contribution in [3.05, 3.63) is 22.7 Å². The average Bonchev–Trinajstić information content (AvgIpc) is 2.50. The smallest absolute Gasteiger partial charge is 0.168 e. The lowest BCUT2D eigenvalue weighted by atomic mass is 9.91. The van der Waals surface area contributed by atoms with Gasteiger partial charge >= 0.3 is 0 Å². The van der Waals surface area contributed by atoms with E-state index in [2.05, 4.69) is 5.32 Å². The van der Waals surface area contributed by atoms with Crippen LogP contribution >= 0.6 is 11.6 Å². The molecule has 0 radical (unpaired) electrons. The lowest BCUT2D eigenvalue weighted by Crippen LogP contribution is -2.34. The molecule has 1 fully saturated rings. The summed E-state index contributed by atoms with van der Waals surface area (Å²) >= 11 is 6.27. The van der Waals surface area contributed by atoms with Crippen LogP contribution in [0.15, 0.2) is 12.1 Å². The van der Waals surface area contributed by atoms with E-state index in [1.807, 2.05) is 13.8 Å². The van der Waals surface area contributed by atoms with Gasteiger partial charge in [-0.3, -0.25) is 4.79 Å². The Morgan fingerprint density at radius 3 is 2.52 bits per heavy atom. The maximum atomic E-state index is 12.6. The molecule has 1 aliphatic heterocycles. The Morgan fingerprint density at radius 2 is 1.95 bits per heavy atom. The first-order valence-corrected chi connectivity index (χ1v) is 7.89. The summed E-state index contributed by atoms with van der Waals surface area (Å²) in [5.41, 5.74) is 0.525. The fraction of sp³-hybridized carbons (Fsp3) is 0.562. The molecule has 1 heterocycles. The van der Waals surface area contributed by atoms with Gasteiger partial charge in [0.25, 0.3) is 0 Å². The van der Waals surface area contributed by atoms with Crippen LogP contribution in [-0.2, 0) is 0 Å². The van der Waals surface area contributed by atoms with Crippen LogP contribution in [0.1, 0.15) is 37.0 Å². The van der Waals surface area contributed by atoms with Gasteiger partial charge in [-0.1, -0.05) is 11.6 Å². The molecule has 1 unspecified atom stereocenters. The number of ketones is 1. The van der Waals surface area contributed by atoms with E-state index in [9.17, 15) is 4.79 Å². The lowest BCUT2D eigenvalue weighted by Gasteiger charge is -2.22. The van der Waals surface area contributed by atoms with E-state index < -0.39 is 0 Å². The first kappa shape index (κ1) is 16.1. The van der Waals surface area contributed by atoms with Crippen molar-refractivity contribution in [2.75, 3.05) is 26.3 Å². The van der Waals surface area contributed by atoms with Gasteiger partial charge in [-0.05, 0) is 39.3 Å². The summed E-state index contributed by atoms with van der Waals surface area (Å²) in [6, 6.07) is 3.40. The van der Waals surface area contributed by atoms with Gasteiger partial charge in [0.15, 0.2) is 17.3 Å². The number of Topliss-reactive ketones (excluding diaryl/α,β-unsaturated/α-hetero) is 1. The molecule has 4 nitrogen and oxygen atoms in total. The van der Waals surface area contributed by atoms with Crippen LogP contribution in [-0.4, -0.2) is 32.1 Å². The van der Waals surface area contributed by atoms with E-state index in [0.717, 1.165) is 19.4 Å². The van der Waals surface area contributed by atoms with E-state index in [1.165, 1.54) is 0 Å². The van der Waals surface area contributed by atoms with Crippen LogP contribution in [0.4, 0.5) is 0 Å². The number of rotatable bonds is 6. The Kier molecular flexibility index (Phi) is 5.88. The highest BCUT2D eigenvalue weighted by Gasteiger charge is 2.25. The molecule has 21 heavy (non-hydrogen) atoms. The highest BCUT2D eigenvalue weighted by atomic mass is 35.5. The molecule has 1 N–H and O–H groups in total. The van der Waals surface area contributed by atoms with E-state index >= 15 is 0 Å². The Morgan fingerprint density at radius 1 is 1.29 bits per heavy atom. The molecular formula is C16H22ClNO3. The van der Waals surface area contributed by atoms with Gasteiger partial charge in [0, 0.05) is 24.1 Å². The second kappa shape index (κ2) is 7.66. The van der Waals surface area contributed by atoms with Gasteiger partial charge in [0.05, 0.1) is 18.2 Å². The van der Waals surface area contributed by atoms with Crippen molar-refractivity contribution in [3.63, 3.8) is 0 Å². The van der Waals surface area contributed by atoms with Crippen LogP contribution in [0, 0.1) is 5.92 Å². The molecule has 0 saturated carbocycles. The number of carbonyl (C=O) groups excluding carboxylic acids is 1. The molecular weight excluding hydrogens is 290 g/mol. The first-order valence-electron chi connectivity index (χ1n) is 7.51. The highest BCUT2D eigenvalue weighted by Crippen LogP contribution is 2.35. The summed E-state index contributed by atoms with van der Waals surface area (Å²) in [5, 5.41) is 3.68. The van der Waals surface area contributed by atoms with Crippen LogP contribution in [0.2, 0.25) is 5.02 Å². The first-order chi connectivity index (χ1) is 10.2. The number of hydrogen-bond acceptors (Lipinski definition) is 4. The normalized spacial score (nSPS) is 18.3. The number of benzene rings is 1. The number of piperidine rings is 1. The number of nitrogens with one attached hydrogen (secondary N) is 1. The quantitative estimate of drug-likeness (QED) is 0.819. The summed E-state index contributed by atoms with van der Waals surface area (Å²) in [6.07, 6.45) is 1.92. The van der Waals surface area contributed by atoms with Crippen molar-refractivity contribution < 1.29 is 14.3 Å². The number of carbonyl (C=O) groups is 1. The number of ether oxygens (including phenoxy) is 2. The van der Waals surface area contributed by atoms with Gasteiger partial charge in [-0.15, -0.1) is 0 Å². The molecule has 5 heteroatoms. The second-order valence-corrected chi connectivity index (χ2v) is 5.46. The molecule has 116 valence electrons. The predicted molar refractivity (Wildman–Crippen MR) is 83.7 cm³/mol. The van der Waals surface area contributed by atoms with Crippen LogP contribution in [0.25, 0.3) is 0 Å². The Hall–Kier alpha value is -1.26. The summed E-state index contributed by atoms with van der Waals surface area (Å²) in [7, 11) is 0.